The maximum absolute atomic E-state index is 7.49. The highest BCUT2D eigenvalue weighted by molar-refractivity contribution is 9.10. The number of aromatic nitrogens is 2. The number of benzene rings is 2. The Bertz CT molecular complexity index is 751. The molecular formula is C16H15BrN2. The lowest BCUT2D eigenvalue weighted by Crippen LogP contribution is -1.92. The molecule has 0 fully saturated rings. The number of fused-ring (bicyclic) bond motifs is 1. The summed E-state index contributed by atoms with van der Waals surface area (Å²) in [5, 5.41) is 0. The van der Waals surface area contributed by atoms with Crippen molar-refractivity contribution in [1.82, 2.24) is 9.55 Å². The van der Waals surface area contributed by atoms with Gasteiger partial charge in [0.05, 0.1) is 11.0 Å². The van der Waals surface area contributed by atoms with Gasteiger partial charge in [-0.05, 0) is 41.8 Å². The minimum Gasteiger partial charge on any atom is -0.299 e. The van der Waals surface area contributed by atoms with Crippen LogP contribution in [0.1, 0.15) is 26.7 Å². The van der Waals surface area contributed by atoms with Gasteiger partial charge in [0.2, 0.25) is 0 Å². The van der Waals surface area contributed by atoms with Crippen LogP contribution in [0.4, 0.5) is 0 Å². The van der Waals surface area contributed by atoms with E-state index < -0.39 is 0 Å². The number of hydrogen-bond acceptors (Lipinski definition) is 1. The minimum atomic E-state index is 0.246. The van der Waals surface area contributed by atoms with Crippen molar-refractivity contribution in [1.29, 1.82) is 0 Å². The van der Waals surface area contributed by atoms with Crippen LogP contribution in [0.25, 0.3) is 16.7 Å². The van der Waals surface area contributed by atoms with Gasteiger partial charge >= 0.3 is 0 Å². The standard InChI is InChI=1S/C16H15BrN2/c1-11(2)12-6-7-16-15(8-12)18-10-19(16)14-5-3-4-13(17)9-14/h3-11H,1-2H3/i1D. The van der Waals surface area contributed by atoms with Gasteiger partial charge in [0.25, 0.3) is 0 Å². The number of rotatable bonds is 2. The fourth-order valence-corrected chi connectivity index (χ4v) is 2.56. The molecular weight excluding hydrogens is 300 g/mol. The Morgan fingerprint density at radius 1 is 1.26 bits per heavy atom. The average molecular weight is 316 g/mol. The summed E-state index contributed by atoms with van der Waals surface area (Å²) in [6.07, 6.45) is 1.85. The summed E-state index contributed by atoms with van der Waals surface area (Å²) in [6.45, 7) is 2.47. The van der Waals surface area contributed by atoms with E-state index >= 15 is 0 Å². The van der Waals surface area contributed by atoms with Crippen LogP contribution >= 0.6 is 15.9 Å². The molecule has 0 spiro atoms. The summed E-state index contributed by atoms with van der Waals surface area (Å²) in [5.74, 6) is 0.246. The lowest BCUT2D eigenvalue weighted by molar-refractivity contribution is 0.868. The third-order valence-corrected chi connectivity index (χ3v) is 3.72. The molecule has 1 unspecified atom stereocenters. The molecule has 1 aromatic heterocycles. The fourth-order valence-electron chi connectivity index (χ4n) is 2.17. The zero-order valence-electron chi connectivity index (χ0n) is 11.7. The van der Waals surface area contributed by atoms with Gasteiger partial charge in [0, 0.05) is 11.5 Å². The van der Waals surface area contributed by atoms with E-state index in [2.05, 4.69) is 62.7 Å². The summed E-state index contributed by atoms with van der Waals surface area (Å²) in [5.41, 5.74) is 4.32. The minimum absolute atomic E-state index is 0.246. The van der Waals surface area contributed by atoms with Gasteiger partial charge in [0.1, 0.15) is 6.33 Å². The normalized spacial score (nSPS) is 13.5. The molecule has 0 bridgehead atoms. The first-order chi connectivity index (χ1) is 9.69. The Morgan fingerprint density at radius 3 is 2.95 bits per heavy atom. The predicted octanol–water partition coefficient (Wildman–Crippen LogP) is 4.91. The molecule has 19 heavy (non-hydrogen) atoms. The number of hydrogen-bond donors (Lipinski definition) is 0. The molecule has 1 atom stereocenters. The maximum atomic E-state index is 7.49. The van der Waals surface area contributed by atoms with Crippen molar-refractivity contribution in [2.75, 3.05) is 0 Å². The predicted molar refractivity (Wildman–Crippen MR) is 82.9 cm³/mol. The van der Waals surface area contributed by atoms with Gasteiger partial charge in [-0.25, -0.2) is 4.98 Å². The van der Waals surface area contributed by atoms with Crippen molar-refractivity contribution >= 4 is 27.0 Å². The first-order valence-electron chi connectivity index (χ1n) is 6.92. The quantitative estimate of drug-likeness (QED) is 0.657. The van der Waals surface area contributed by atoms with Crippen LogP contribution < -0.4 is 0 Å². The van der Waals surface area contributed by atoms with Gasteiger partial charge in [-0.1, -0.05) is 41.9 Å². The second-order valence-corrected chi connectivity index (χ2v) is 5.66. The molecule has 0 amide bonds. The van der Waals surface area contributed by atoms with Crippen LogP contribution in [0.3, 0.4) is 0 Å². The number of nitrogens with zero attached hydrogens (tertiary/aromatic N) is 2. The summed E-state index contributed by atoms with van der Waals surface area (Å²) in [6, 6.07) is 14.4. The average Bonchev–Trinajstić information content (AvgIpc) is 2.89. The van der Waals surface area contributed by atoms with E-state index in [0.29, 0.717) is 6.90 Å². The second-order valence-electron chi connectivity index (χ2n) is 4.74. The van der Waals surface area contributed by atoms with E-state index in [1.165, 1.54) is 5.56 Å². The second kappa shape index (κ2) is 4.82. The molecule has 0 aliphatic rings. The monoisotopic (exact) mass is 315 g/mol. The van der Waals surface area contributed by atoms with Crippen LogP contribution in [0.5, 0.6) is 0 Å². The third kappa shape index (κ3) is 2.30. The Morgan fingerprint density at radius 2 is 2.16 bits per heavy atom. The van der Waals surface area contributed by atoms with Crippen molar-refractivity contribution in [3.05, 3.63) is 58.8 Å². The van der Waals surface area contributed by atoms with Crippen LogP contribution in [0.2, 0.25) is 0 Å². The zero-order chi connectivity index (χ0) is 14.1. The summed E-state index contributed by atoms with van der Waals surface area (Å²) >= 11 is 3.50. The molecule has 1 heterocycles. The zero-order valence-corrected chi connectivity index (χ0v) is 12.3. The molecule has 0 saturated heterocycles. The molecule has 0 radical (unpaired) electrons. The van der Waals surface area contributed by atoms with E-state index in [0.717, 1.165) is 21.2 Å². The molecule has 2 nitrogen and oxygen atoms in total. The molecule has 0 aliphatic heterocycles. The Balaban J connectivity index is 2.10. The third-order valence-electron chi connectivity index (χ3n) is 3.23. The fraction of sp³-hybridized carbons (Fsp3) is 0.188. The van der Waals surface area contributed by atoms with Crippen molar-refractivity contribution < 1.29 is 1.37 Å². The largest absolute Gasteiger partial charge is 0.299 e. The highest BCUT2D eigenvalue weighted by Gasteiger charge is 2.07. The molecule has 2 aromatic carbocycles. The highest BCUT2D eigenvalue weighted by Crippen LogP contribution is 2.24. The first-order valence-corrected chi connectivity index (χ1v) is 7.00. The van der Waals surface area contributed by atoms with Gasteiger partial charge in [0.15, 0.2) is 0 Å². The van der Waals surface area contributed by atoms with Crippen LogP contribution in [-0.4, -0.2) is 9.55 Å². The summed E-state index contributed by atoms with van der Waals surface area (Å²) < 4.78 is 10.6. The van der Waals surface area contributed by atoms with E-state index in [4.69, 9.17) is 1.37 Å². The molecule has 0 aliphatic carbocycles. The molecule has 0 saturated carbocycles. The molecule has 3 aromatic rings. The Hall–Kier alpha value is -1.61. The molecule has 3 rings (SSSR count). The van der Waals surface area contributed by atoms with Crippen molar-refractivity contribution in [2.24, 2.45) is 0 Å². The Kier molecular flexibility index (Phi) is 2.85. The molecule has 96 valence electrons. The van der Waals surface area contributed by atoms with Gasteiger partial charge in [-0.3, -0.25) is 4.57 Å². The maximum Gasteiger partial charge on any atom is 0.100 e. The topological polar surface area (TPSA) is 17.8 Å². The van der Waals surface area contributed by atoms with Crippen molar-refractivity contribution in [3.63, 3.8) is 0 Å². The first kappa shape index (κ1) is 11.2. The summed E-state index contributed by atoms with van der Waals surface area (Å²) in [7, 11) is 0. The van der Waals surface area contributed by atoms with E-state index in [-0.39, 0.29) is 5.92 Å². The number of halogens is 1. The van der Waals surface area contributed by atoms with Gasteiger partial charge in [-0.15, -0.1) is 0 Å². The van der Waals surface area contributed by atoms with E-state index in [1.54, 1.807) is 0 Å². The van der Waals surface area contributed by atoms with Crippen LogP contribution in [-0.2, 0) is 0 Å². The van der Waals surface area contributed by atoms with E-state index in [9.17, 15) is 0 Å². The van der Waals surface area contributed by atoms with Gasteiger partial charge in [-0.2, -0.15) is 0 Å². The van der Waals surface area contributed by atoms with E-state index in [1.807, 2.05) is 18.5 Å². The highest BCUT2D eigenvalue weighted by atomic mass is 79.9. The summed E-state index contributed by atoms with van der Waals surface area (Å²) in [4.78, 5) is 4.49. The van der Waals surface area contributed by atoms with Crippen LogP contribution in [0, 0.1) is 0 Å². The lowest BCUT2D eigenvalue weighted by Gasteiger charge is -2.07. The lowest BCUT2D eigenvalue weighted by atomic mass is 10.0. The van der Waals surface area contributed by atoms with Crippen molar-refractivity contribution in [3.8, 4) is 5.69 Å². The van der Waals surface area contributed by atoms with Crippen molar-refractivity contribution in [2.45, 2.75) is 19.7 Å². The van der Waals surface area contributed by atoms with Crippen LogP contribution in [0.15, 0.2) is 53.3 Å². The number of imidazole rings is 1. The molecule has 3 heteroatoms. The SMILES string of the molecule is [2H]CC(C)c1ccc2c(c1)ncn2-c1cccc(Br)c1. The smallest absolute Gasteiger partial charge is 0.100 e. The Labute approximate surface area is 122 Å². The molecule has 0 N–H and O–H groups in total. The van der Waals surface area contributed by atoms with Gasteiger partial charge < -0.3 is 0 Å².